The second-order valence-corrected chi connectivity index (χ2v) is 4.34. The Balaban J connectivity index is 2.02. The second kappa shape index (κ2) is 6.20. The lowest BCUT2D eigenvalue weighted by molar-refractivity contribution is 0.0692. The molecule has 2 rings (SSSR count). The monoisotopic (exact) mass is 277 g/mol. The van der Waals surface area contributed by atoms with Crippen molar-refractivity contribution in [2.24, 2.45) is 0 Å². The van der Waals surface area contributed by atoms with Crippen molar-refractivity contribution in [2.75, 3.05) is 6.61 Å². The van der Waals surface area contributed by atoms with Gasteiger partial charge in [0, 0.05) is 23.8 Å². The van der Waals surface area contributed by atoms with Crippen molar-refractivity contribution < 1.29 is 14.6 Å². The van der Waals surface area contributed by atoms with E-state index in [0.29, 0.717) is 23.8 Å². The smallest absolute Gasteiger partial charge is 0.339 e. The molecule has 1 heterocycles. The number of rotatable bonds is 5. The Hall–Kier alpha value is -2.07. The molecule has 1 aromatic carbocycles. The summed E-state index contributed by atoms with van der Waals surface area (Å²) in [7, 11) is 0. The van der Waals surface area contributed by atoms with Gasteiger partial charge in [-0.2, -0.15) is 0 Å². The van der Waals surface area contributed by atoms with Crippen molar-refractivity contribution in [3.8, 4) is 5.75 Å². The van der Waals surface area contributed by atoms with Crippen LogP contribution in [0.5, 0.6) is 5.75 Å². The van der Waals surface area contributed by atoms with Crippen LogP contribution in [-0.4, -0.2) is 22.7 Å². The van der Waals surface area contributed by atoms with E-state index in [1.165, 1.54) is 6.07 Å². The Kier molecular flexibility index (Phi) is 4.36. The predicted octanol–water partition coefficient (Wildman–Crippen LogP) is 3.05. The van der Waals surface area contributed by atoms with Gasteiger partial charge in [0.25, 0.3) is 0 Å². The number of halogens is 1. The molecule has 0 radical (unpaired) electrons. The lowest BCUT2D eigenvalue weighted by Crippen LogP contribution is -2.06. The number of aromatic carboxylic acids is 1. The van der Waals surface area contributed by atoms with Gasteiger partial charge in [0.1, 0.15) is 11.3 Å². The van der Waals surface area contributed by atoms with Crippen LogP contribution in [0, 0.1) is 0 Å². The zero-order valence-corrected chi connectivity index (χ0v) is 10.8. The first-order valence-electron chi connectivity index (χ1n) is 5.71. The highest BCUT2D eigenvalue weighted by Crippen LogP contribution is 2.23. The molecule has 1 aromatic heterocycles. The Morgan fingerprint density at radius 1 is 1.26 bits per heavy atom. The first-order valence-corrected chi connectivity index (χ1v) is 6.09. The van der Waals surface area contributed by atoms with Gasteiger partial charge in [0.05, 0.1) is 6.61 Å². The normalized spacial score (nSPS) is 10.2. The minimum atomic E-state index is -1.05. The van der Waals surface area contributed by atoms with Crippen molar-refractivity contribution in [3.05, 3.63) is 58.9 Å². The van der Waals surface area contributed by atoms with E-state index in [1.54, 1.807) is 24.5 Å². The number of benzene rings is 1. The van der Waals surface area contributed by atoms with Gasteiger partial charge in [0.2, 0.25) is 0 Å². The number of pyridine rings is 1. The Bertz CT molecular complexity index is 572. The van der Waals surface area contributed by atoms with Gasteiger partial charge in [-0.15, -0.1) is 0 Å². The molecular weight excluding hydrogens is 266 g/mol. The first-order chi connectivity index (χ1) is 9.16. The van der Waals surface area contributed by atoms with Crippen LogP contribution in [0.2, 0.25) is 5.02 Å². The number of carboxylic acid groups (broad SMARTS) is 1. The first kappa shape index (κ1) is 13.4. The molecular formula is C14H12ClNO3. The van der Waals surface area contributed by atoms with Crippen molar-refractivity contribution >= 4 is 17.6 Å². The minimum absolute atomic E-state index is 0.0715. The summed E-state index contributed by atoms with van der Waals surface area (Å²) in [5.41, 5.74) is 1.16. The molecule has 0 spiro atoms. The maximum Gasteiger partial charge on any atom is 0.339 e. The number of nitrogens with zero attached hydrogens (tertiary/aromatic N) is 1. The number of carbonyl (C=O) groups is 1. The standard InChI is InChI=1S/C14H12ClNO3/c15-11-1-2-13(12(9-11)14(17)18)19-8-5-10-3-6-16-7-4-10/h1-4,6-7,9H,5,8H2,(H,17,18). The van der Waals surface area contributed by atoms with Gasteiger partial charge >= 0.3 is 5.97 Å². The lowest BCUT2D eigenvalue weighted by Gasteiger charge is -2.09. The van der Waals surface area contributed by atoms with Crippen molar-refractivity contribution in [1.29, 1.82) is 0 Å². The van der Waals surface area contributed by atoms with Gasteiger partial charge in [-0.3, -0.25) is 4.98 Å². The van der Waals surface area contributed by atoms with E-state index in [-0.39, 0.29) is 5.56 Å². The molecule has 0 saturated carbocycles. The van der Waals surface area contributed by atoms with Crippen LogP contribution in [0.25, 0.3) is 0 Å². The van der Waals surface area contributed by atoms with Crippen LogP contribution in [0.3, 0.4) is 0 Å². The number of aromatic nitrogens is 1. The molecule has 4 nitrogen and oxygen atoms in total. The summed E-state index contributed by atoms with van der Waals surface area (Å²) >= 11 is 5.76. The zero-order valence-electron chi connectivity index (χ0n) is 10.0. The lowest BCUT2D eigenvalue weighted by atomic mass is 10.2. The zero-order chi connectivity index (χ0) is 13.7. The third kappa shape index (κ3) is 3.69. The third-order valence-corrected chi connectivity index (χ3v) is 2.80. The summed E-state index contributed by atoms with van der Waals surface area (Å²) in [6.07, 6.45) is 4.10. The Morgan fingerprint density at radius 2 is 2.00 bits per heavy atom. The summed E-state index contributed by atoms with van der Waals surface area (Å²) in [5.74, 6) is -0.729. The molecule has 1 N–H and O–H groups in total. The van der Waals surface area contributed by atoms with Gasteiger partial charge in [-0.05, 0) is 35.9 Å². The molecule has 0 bridgehead atoms. The fraction of sp³-hybridized carbons (Fsp3) is 0.143. The van der Waals surface area contributed by atoms with E-state index < -0.39 is 5.97 Å². The van der Waals surface area contributed by atoms with E-state index in [1.807, 2.05) is 12.1 Å². The van der Waals surface area contributed by atoms with Crippen LogP contribution < -0.4 is 4.74 Å². The average Bonchev–Trinajstić information content (AvgIpc) is 2.41. The van der Waals surface area contributed by atoms with Crippen LogP contribution in [0.1, 0.15) is 15.9 Å². The molecule has 0 aliphatic heterocycles. The SMILES string of the molecule is O=C(O)c1cc(Cl)ccc1OCCc1ccncc1. The average molecular weight is 278 g/mol. The van der Waals surface area contributed by atoms with Gasteiger partial charge < -0.3 is 9.84 Å². The number of hydrogen-bond donors (Lipinski definition) is 1. The highest BCUT2D eigenvalue weighted by Gasteiger charge is 2.11. The molecule has 0 aliphatic rings. The van der Waals surface area contributed by atoms with E-state index in [0.717, 1.165) is 5.56 Å². The molecule has 0 amide bonds. The van der Waals surface area contributed by atoms with Crippen molar-refractivity contribution in [1.82, 2.24) is 4.98 Å². The molecule has 98 valence electrons. The number of hydrogen-bond acceptors (Lipinski definition) is 3. The third-order valence-electron chi connectivity index (χ3n) is 2.57. The van der Waals surface area contributed by atoms with Gasteiger partial charge in [-0.1, -0.05) is 11.6 Å². The molecule has 0 unspecified atom stereocenters. The highest BCUT2D eigenvalue weighted by molar-refractivity contribution is 6.31. The highest BCUT2D eigenvalue weighted by atomic mass is 35.5. The molecule has 2 aromatic rings. The minimum Gasteiger partial charge on any atom is -0.492 e. The van der Waals surface area contributed by atoms with Crippen LogP contribution in [0.15, 0.2) is 42.7 Å². The largest absolute Gasteiger partial charge is 0.492 e. The molecule has 0 atom stereocenters. The second-order valence-electron chi connectivity index (χ2n) is 3.90. The topological polar surface area (TPSA) is 59.4 Å². The summed E-state index contributed by atoms with van der Waals surface area (Å²) in [5, 5.41) is 9.43. The Labute approximate surface area is 115 Å². The molecule has 19 heavy (non-hydrogen) atoms. The van der Waals surface area contributed by atoms with Crippen LogP contribution >= 0.6 is 11.6 Å². The van der Waals surface area contributed by atoms with Gasteiger partial charge in [-0.25, -0.2) is 4.79 Å². The number of ether oxygens (including phenoxy) is 1. The van der Waals surface area contributed by atoms with E-state index in [9.17, 15) is 4.79 Å². The van der Waals surface area contributed by atoms with E-state index in [4.69, 9.17) is 21.4 Å². The Morgan fingerprint density at radius 3 is 2.68 bits per heavy atom. The molecule has 5 heteroatoms. The maximum atomic E-state index is 11.1. The van der Waals surface area contributed by atoms with Crippen molar-refractivity contribution in [3.63, 3.8) is 0 Å². The maximum absolute atomic E-state index is 11.1. The quantitative estimate of drug-likeness (QED) is 0.912. The van der Waals surface area contributed by atoms with Crippen LogP contribution in [0.4, 0.5) is 0 Å². The van der Waals surface area contributed by atoms with E-state index >= 15 is 0 Å². The number of carboxylic acids is 1. The van der Waals surface area contributed by atoms with E-state index in [2.05, 4.69) is 4.98 Å². The molecule has 0 saturated heterocycles. The molecule has 0 fully saturated rings. The fourth-order valence-corrected chi connectivity index (χ4v) is 1.80. The summed E-state index contributed by atoms with van der Waals surface area (Å²) in [6.45, 7) is 0.395. The summed E-state index contributed by atoms with van der Waals surface area (Å²) < 4.78 is 5.50. The van der Waals surface area contributed by atoms with Crippen molar-refractivity contribution in [2.45, 2.75) is 6.42 Å². The summed E-state index contributed by atoms with van der Waals surface area (Å²) in [6, 6.07) is 8.34. The van der Waals surface area contributed by atoms with Gasteiger partial charge in [0.15, 0.2) is 0 Å². The summed E-state index contributed by atoms with van der Waals surface area (Å²) in [4.78, 5) is 15.0. The predicted molar refractivity (Wildman–Crippen MR) is 71.8 cm³/mol. The van der Waals surface area contributed by atoms with Crippen LogP contribution in [-0.2, 0) is 6.42 Å². The molecule has 0 aliphatic carbocycles. The fourth-order valence-electron chi connectivity index (χ4n) is 1.62.